The summed E-state index contributed by atoms with van der Waals surface area (Å²) >= 11 is 0. The average molecular weight is 246 g/mol. The molecule has 0 bridgehead atoms. The zero-order valence-corrected chi connectivity index (χ0v) is 10.8. The smallest absolute Gasteiger partial charge is 0.336 e. The molecular weight excluding hydrogens is 228 g/mol. The van der Waals surface area contributed by atoms with E-state index in [0.29, 0.717) is 6.42 Å². The fraction of sp³-hybridized carbons (Fsp3) is 0.533. The molecule has 2 aliphatic carbocycles. The lowest BCUT2D eigenvalue weighted by atomic mass is 9.69. The van der Waals surface area contributed by atoms with Gasteiger partial charge in [-0.3, -0.25) is 0 Å². The summed E-state index contributed by atoms with van der Waals surface area (Å²) < 4.78 is 5.45. The van der Waals surface area contributed by atoms with Crippen molar-refractivity contribution in [3.63, 3.8) is 0 Å². The topological polar surface area (TPSA) is 46.5 Å². The minimum absolute atomic E-state index is 0.121. The molecule has 1 N–H and O–H groups in total. The Kier molecular flexibility index (Phi) is 2.18. The molecule has 0 aromatic rings. The summed E-state index contributed by atoms with van der Waals surface area (Å²) in [6.45, 7) is 7.85. The molecule has 96 valence electrons. The molecule has 0 radical (unpaired) electrons. The molecule has 1 saturated heterocycles. The number of ether oxygens (including phenoxy) is 1. The summed E-state index contributed by atoms with van der Waals surface area (Å²) in [5.41, 5.74) is 0.0319. The Hall–Kier alpha value is -1.35. The fourth-order valence-electron chi connectivity index (χ4n) is 3.70. The Morgan fingerprint density at radius 3 is 2.94 bits per heavy atom. The van der Waals surface area contributed by atoms with Crippen LogP contribution < -0.4 is 0 Å². The van der Waals surface area contributed by atoms with Crippen molar-refractivity contribution >= 4 is 5.97 Å². The van der Waals surface area contributed by atoms with Crippen LogP contribution in [0.3, 0.4) is 0 Å². The second-order valence-corrected chi connectivity index (χ2v) is 6.00. The summed E-state index contributed by atoms with van der Waals surface area (Å²) in [5.74, 6) is -0.585. The maximum absolute atomic E-state index is 11.8. The fourth-order valence-corrected chi connectivity index (χ4v) is 3.70. The first-order chi connectivity index (χ1) is 8.37. The first kappa shape index (κ1) is 11.7. The van der Waals surface area contributed by atoms with Crippen LogP contribution in [0.25, 0.3) is 0 Å². The third-order valence-electron chi connectivity index (χ3n) is 4.76. The summed E-state index contributed by atoms with van der Waals surface area (Å²) in [6.07, 6.45) is 7.21. The molecule has 1 saturated carbocycles. The van der Waals surface area contributed by atoms with E-state index in [-0.39, 0.29) is 23.0 Å². The molecule has 3 nitrogen and oxygen atoms in total. The lowest BCUT2D eigenvalue weighted by molar-refractivity contribution is -0.164. The molecule has 3 rings (SSSR count). The average Bonchev–Trinajstić information content (AvgIpc) is 2.51. The Morgan fingerprint density at radius 2 is 2.22 bits per heavy atom. The van der Waals surface area contributed by atoms with Crippen LogP contribution in [0.4, 0.5) is 0 Å². The number of allylic oxidation sites excluding steroid dienone is 3. The van der Waals surface area contributed by atoms with Gasteiger partial charge in [-0.15, -0.1) is 0 Å². The van der Waals surface area contributed by atoms with Gasteiger partial charge in [0.25, 0.3) is 0 Å². The SMILES string of the molecule is C=C1C(=O)OC2C=C(C)C=CC3(C)CCC1(O)C23. The van der Waals surface area contributed by atoms with Crippen molar-refractivity contribution in [1.82, 2.24) is 0 Å². The zero-order valence-electron chi connectivity index (χ0n) is 10.8. The molecule has 1 aliphatic heterocycles. The van der Waals surface area contributed by atoms with E-state index in [1.807, 2.05) is 13.0 Å². The highest BCUT2D eigenvalue weighted by molar-refractivity contribution is 5.91. The third kappa shape index (κ3) is 1.31. The van der Waals surface area contributed by atoms with Gasteiger partial charge in [0.1, 0.15) is 11.7 Å². The predicted molar refractivity (Wildman–Crippen MR) is 67.7 cm³/mol. The summed E-state index contributed by atoms with van der Waals surface area (Å²) in [6, 6.07) is 0. The number of esters is 1. The van der Waals surface area contributed by atoms with Crippen LogP contribution in [0.15, 0.2) is 36.0 Å². The molecule has 2 fully saturated rings. The van der Waals surface area contributed by atoms with Crippen molar-refractivity contribution in [2.75, 3.05) is 0 Å². The van der Waals surface area contributed by atoms with Crippen LogP contribution in [0.1, 0.15) is 26.7 Å². The third-order valence-corrected chi connectivity index (χ3v) is 4.76. The Labute approximate surface area is 107 Å². The van der Waals surface area contributed by atoms with E-state index in [2.05, 4.69) is 25.7 Å². The standard InChI is InChI=1S/C15H18O3/c1-9-4-5-14(3)6-7-15(17)10(2)13(16)18-11(8-9)12(14)15/h4-5,8,11-12,17H,2,6-7H2,1,3H3. The highest BCUT2D eigenvalue weighted by atomic mass is 16.5. The molecule has 0 spiro atoms. The summed E-state index contributed by atoms with van der Waals surface area (Å²) in [7, 11) is 0. The maximum Gasteiger partial charge on any atom is 0.336 e. The van der Waals surface area contributed by atoms with E-state index in [0.717, 1.165) is 12.0 Å². The second-order valence-electron chi connectivity index (χ2n) is 6.00. The first-order valence-electron chi connectivity index (χ1n) is 6.37. The van der Waals surface area contributed by atoms with Crippen LogP contribution in [0, 0.1) is 11.3 Å². The number of hydrogen-bond donors (Lipinski definition) is 1. The van der Waals surface area contributed by atoms with Gasteiger partial charge in [0, 0.05) is 5.92 Å². The lowest BCUT2D eigenvalue weighted by Gasteiger charge is -2.44. The van der Waals surface area contributed by atoms with Gasteiger partial charge < -0.3 is 9.84 Å². The molecule has 1 heterocycles. The Balaban J connectivity index is 2.17. The molecule has 0 amide bonds. The van der Waals surface area contributed by atoms with Crippen molar-refractivity contribution in [2.24, 2.45) is 11.3 Å². The normalized spacial score (nSPS) is 46.3. The van der Waals surface area contributed by atoms with Gasteiger partial charge in [0.05, 0.1) is 5.57 Å². The van der Waals surface area contributed by atoms with Crippen molar-refractivity contribution in [3.8, 4) is 0 Å². The van der Waals surface area contributed by atoms with E-state index in [1.165, 1.54) is 0 Å². The maximum atomic E-state index is 11.8. The number of carbonyl (C=O) groups is 1. The number of hydrogen-bond acceptors (Lipinski definition) is 3. The summed E-state index contributed by atoms with van der Waals surface area (Å²) in [4.78, 5) is 11.8. The minimum atomic E-state index is -1.11. The number of aliphatic hydroxyl groups is 1. The van der Waals surface area contributed by atoms with Crippen LogP contribution in [-0.2, 0) is 9.53 Å². The van der Waals surface area contributed by atoms with Crippen molar-refractivity contribution in [1.29, 1.82) is 0 Å². The highest BCUT2D eigenvalue weighted by Crippen LogP contribution is 2.57. The Morgan fingerprint density at radius 1 is 1.50 bits per heavy atom. The molecule has 4 unspecified atom stereocenters. The van der Waals surface area contributed by atoms with Crippen LogP contribution in [-0.4, -0.2) is 22.8 Å². The van der Waals surface area contributed by atoms with Gasteiger partial charge >= 0.3 is 5.97 Å². The molecule has 3 heteroatoms. The van der Waals surface area contributed by atoms with E-state index < -0.39 is 11.6 Å². The quantitative estimate of drug-likeness (QED) is 0.526. The van der Waals surface area contributed by atoms with Gasteiger partial charge in [-0.1, -0.05) is 31.2 Å². The van der Waals surface area contributed by atoms with Gasteiger partial charge in [-0.05, 0) is 31.3 Å². The van der Waals surface area contributed by atoms with Crippen LogP contribution in [0.5, 0.6) is 0 Å². The molecule has 3 aliphatic rings. The van der Waals surface area contributed by atoms with Crippen molar-refractivity contribution in [3.05, 3.63) is 36.0 Å². The largest absolute Gasteiger partial charge is 0.454 e. The van der Waals surface area contributed by atoms with Gasteiger partial charge in [0.2, 0.25) is 0 Å². The molecular formula is C15H18O3. The van der Waals surface area contributed by atoms with Gasteiger partial charge in [0.15, 0.2) is 0 Å². The van der Waals surface area contributed by atoms with Crippen LogP contribution in [0.2, 0.25) is 0 Å². The van der Waals surface area contributed by atoms with Gasteiger partial charge in [-0.2, -0.15) is 0 Å². The lowest BCUT2D eigenvalue weighted by Crippen LogP contribution is -2.53. The van der Waals surface area contributed by atoms with E-state index in [9.17, 15) is 9.90 Å². The summed E-state index contributed by atoms with van der Waals surface area (Å²) in [5, 5.41) is 10.9. The number of carbonyl (C=O) groups excluding carboxylic acids is 1. The van der Waals surface area contributed by atoms with E-state index in [1.54, 1.807) is 0 Å². The molecule has 18 heavy (non-hydrogen) atoms. The molecule has 0 aromatic heterocycles. The van der Waals surface area contributed by atoms with Gasteiger partial charge in [-0.25, -0.2) is 4.79 Å². The minimum Gasteiger partial charge on any atom is -0.454 e. The Bertz CT molecular complexity index is 502. The second kappa shape index (κ2) is 3.35. The predicted octanol–water partition coefficient (Wildman–Crippen LogP) is 2.13. The molecule has 4 atom stereocenters. The van der Waals surface area contributed by atoms with Crippen LogP contribution >= 0.6 is 0 Å². The van der Waals surface area contributed by atoms with Crippen molar-refractivity contribution < 1.29 is 14.6 Å². The highest BCUT2D eigenvalue weighted by Gasteiger charge is 2.62. The van der Waals surface area contributed by atoms with E-state index in [4.69, 9.17) is 4.74 Å². The van der Waals surface area contributed by atoms with E-state index >= 15 is 0 Å². The van der Waals surface area contributed by atoms with Crippen molar-refractivity contribution in [2.45, 2.75) is 38.4 Å². The number of rotatable bonds is 0. The monoisotopic (exact) mass is 246 g/mol. The molecule has 0 aromatic carbocycles. The zero-order chi connectivity index (χ0) is 13.1. The first-order valence-corrected chi connectivity index (χ1v) is 6.37.